The van der Waals surface area contributed by atoms with Crippen LogP contribution in [0.4, 0.5) is 17.6 Å². The van der Waals surface area contributed by atoms with Gasteiger partial charge in [0.1, 0.15) is 5.75 Å². The molecular weight excluding hydrogens is 442 g/mol. The van der Waals surface area contributed by atoms with Crippen molar-refractivity contribution >= 4 is 16.9 Å². The molecule has 1 aliphatic rings. The van der Waals surface area contributed by atoms with Gasteiger partial charge in [0.05, 0.1) is 24.0 Å². The summed E-state index contributed by atoms with van der Waals surface area (Å²) in [7, 11) is 1.78. The van der Waals surface area contributed by atoms with Crippen molar-refractivity contribution in [1.82, 2.24) is 14.5 Å². The molecule has 1 fully saturated rings. The number of ether oxygens (including phenoxy) is 1. The van der Waals surface area contributed by atoms with Crippen molar-refractivity contribution in [1.29, 1.82) is 0 Å². The molecule has 6 nitrogen and oxygen atoms in total. The van der Waals surface area contributed by atoms with Gasteiger partial charge in [-0.05, 0) is 43.2 Å². The average Bonchev–Trinajstić information content (AvgIpc) is 3.06. The highest BCUT2D eigenvalue weighted by atomic mass is 19.4. The molecule has 1 saturated heterocycles. The number of imidazole rings is 1. The quantitative estimate of drug-likeness (QED) is 0.571. The predicted molar refractivity (Wildman–Crippen MR) is 113 cm³/mol. The summed E-state index contributed by atoms with van der Waals surface area (Å²) in [6.45, 7) is 2.78. The number of rotatable bonds is 5. The second-order valence-electron chi connectivity index (χ2n) is 8.65. The average molecular weight is 465 g/mol. The zero-order chi connectivity index (χ0) is 24.1. The number of carbonyl (C=O) groups excluding carboxylic acids is 1. The molecule has 2 aromatic carbocycles. The van der Waals surface area contributed by atoms with Crippen LogP contribution in [0.1, 0.15) is 30.9 Å². The smallest absolute Gasteiger partial charge is 0.406 e. The number of aromatic nitrogens is 2. The van der Waals surface area contributed by atoms with Crippen molar-refractivity contribution in [2.45, 2.75) is 38.4 Å². The van der Waals surface area contributed by atoms with Crippen LogP contribution in [-0.2, 0) is 18.4 Å². The van der Waals surface area contributed by atoms with Crippen molar-refractivity contribution in [3.05, 3.63) is 47.8 Å². The van der Waals surface area contributed by atoms with Gasteiger partial charge in [-0.1, -0.05) is 12.1 Å². The standard InChI is InChI=1S/C23H23F4N3O3/c1-22(2,24)21(32)30-9-14(10-30)16-8-17(19-20(18(16)11-31)29(3)12-28-19)13-4-6-15(7-5-13)33-23(25,26)27/h4-8,12,14,31H,9-11H2,1-3H3. The molecule has 0 saturated carbocycles. The van der Waals surface area contributed by atoms with Gasteiger partial charge in [-0.25, -0.2) is 9.37 Å². The highest BCUT2D eigenvalue weighted by molar-refractivity contribution is 5.95. The van der Waals surface area contributed by atoms with E-state index in [9.17, 15) is 27.5 Å². The molecule has 0 atom stereocenters. The number of aliphatic hydroxyl groups excluding tert-OH is 1. The minimum Gasteiger partial charge on any atom is -0.406 e. The summed E-state index contributed by atoms with van der Waals surface area (Å²) in [5, 5.41) is 10.1. The van der Waals surface area contributed by atoms with Crippen molar-refractivity contribution in [2.75, 3.05) is 13.1 Å². The molecule has 4 rings (SSSR count). The number of alkyl halides is 4. The first-order valence-corrected chi connectivity index (χ1v) is 10.3. The fourth-order valence-electron chi connectivity index (χ4n) is 4.23. The van der Waals surface area contributed by atoms with E-state index >= 15 is 0 Å². The molecule has 1 aromatic heterocycles. The van der Waals surface area contributed by atoms with E-state index in [0.717, 1.165) is 5.56 Å². The molecule has 33 heavy (non-hydrogen) atoms. The lowest BCUT2D eigenvalue weighted by Crippen LogP contribution is -2.54. The van der Waals surface area contributed by atoms with E-state index in [1.807, 2.05) is 6.07 Å². The van der Waals surface area contributed by atoms with Crippen LogP contribution in [0.15, 0.2) is 36.7 Å². The summed E-state index contributed by atoms with van der Waals surface area (Å²) in [6.07, 6.45) is -3.19. The van der Waals surface area contributed by atoms with Gasteiger partial charge < -0.3 is 19.3 Å². The SMILES string of the molecule is Cn1cnc2c(-c3ccc(OC(F)(F)F)cc3)cc(C3CN(C(=O)C(C)(C)F)C3)c(CO)c21. The molecule has 0 spiro atoms. The number of aliphatic hydroxyl groups is 1. The number of carbonyl (C=O) groups is 1. The number of fused-ring (bicyclic) bond motifs is 1. The van der Waals surface area contributed by atoms with Gasteiger partial charge in [-0.15, -0.1) is 13.2 Å². The van der Waals surface area contributed by atoms with E-state index in [1.165, 1.54) is 43.0 Å². The van der Waals surface area contributed by atoms with E-state index in [-0.39, 0.29) is 18.3 Å². The number of hydrogen-bond donors (Lipinski definition) is 1. The molecule has 1 amide bonds. The normalized spacial score (nSPS) is 15.1. The van der Waals surface area contributed by atoms with E-state index < -0.39 is 17.9 Å². The summed E-state index contributed by atoms with van der Waals surface area (Å²) in [5.41, 5.74) is 2.05. The Morgan fingerprint density at radius 2 is 1.82 bits per heavy atom. The van der Waals surface area contributed by atoms with E-state index in [4.69, 9.17) is 0 Å². The number of nitrogens with zero attached hydrogens (tertiary/aromatic N) is 3. The second-order valence-corrected chi connectivity index (χ2v) is 8.65. The van der Waals surface area contributed by atoms with Crippen molar-refractivity contribution in [3.8, 4) is 16.9 Å². The third-order valence-corrected chi connectivity index (χ3v) is 5.80. The fourth-order valence-corrected chi connectivity index (χ4v) is 4.23. The molecule has 0 radical (unpaired) electrons. The van der Waals surface area contributed by atoms with Gasteiger partial charge in [-0.3, -0.25) is 4.79 Å². The number of amides is 1. The van der Waals surface area contributed by atoms with Crippen LogP contribution >= 0.6 is 0 Å². The summed E-state index contributed by atoms with van der Waals surface area (Å²) < 4.78 is 57.3. The Hall–Kier alpha value is -3.14. The minimum absolute atomic E-state index is 0.121. The molecule has 10 heteroatoms. The topological polar surface area (TPSA) is 67.6 Å². The fraction of sp³-hybridized carbons (Fsp3) is 0.391. The maximum atomic E-state index is 14.0. The van der Waals surface area contributed by atoms with Gasteiger partial charge >= 0.3 is 6.36 Å². The maximum absolute atomic E-state index is 14.0. The van der Waals surface area contributed by atoms with Gasteiger partial charge in [0.15, 0.2) is 5.67 Å². The third kappa shape index (κ3) is 4.39. The highest BCUT2D eigenvalue weighted by Gasteiger charge is 2.40. The number of hydrogen-bond acceptors (Lipinski definition) is 4. The largest absolute Gasteiger partial charge is 0.573 e. The first kappa shape index (κ1) is 23.0. The van der Waals surface area contributed by atoms with Gasteiger partial charge in [0, 0.05) is 37.2 Å². The lowest BCUT2D eigenvalue weighted by molar-refractivity contribution is -0.274. The zero-order valence-corrected chi connectivity index (χ0v) is 18.3. The van der Waals surface area contributed by atoms with Crippen LogP contribution in [0.25, 0.3) is 22.2 Å². The van der Waals surface area contributed by atoms with Crippen molar-refractivity contribution in [2.24, 2.45) is 7.05 Å². The summed E-state index contributed by atoms with van der Waals surface area (Å²) in [4.78, 5) is 18.1. The molecule has 0 bridgehead atoms. The van der Waals surface area contributed by atoms with Crippen LogP contribution in [-0.4, -0.2) is 50.6 Å². The minimum atomic E-state index is -4.78. The predicted octanol–water partition coefficient (Wildman–Crippen LogP) is 4.31. The molecule has 2 heterocycles. The van der Waals surface area contributed by atoms with Crippen LogP contribution < -0.4 is 4.74 Å². The summed E-state index contributed by atoms with van der Waals surface area (Å²) in [5.74, 6) is -1.05. The van der Waals surface area contributed by atoms with E-state index in [2.05, 4.69) is 9.72 Å². The van der Waals surface area contributed by atoms with E-state index in [1.54, 1.807) is 17.9 Å². The number of aryl methyl sites for hydroxylation is 1. The van der Waals surface area contributed by atoms with E-state index in [0.29, 0.717) is 40.8 Å². The maximum Gasteiger partial charge on any atom is 0.573 e. The van der Waals surface area contributed by atoms with Crippen molar-refractivity contribution in [3.63, 3.8) is 0 Å². The van der Waals surface area contributed by atoms with Crippen LogP contribution in [0.5, 0.6) is 5.75 Å². The highest BCUT2D eigenvalue weighted by Crippen LogP contribution is 2.39. The Balaban J connectivity index is 1.74. The Bertz CT molecular complexity index is 1190. The Kier molecular flexibility index (Phi) is 5.60. The lowest BCUT2D eigenvalue weighted by atomic mass is 9.84. The third-order valence-electron chi connectivity index (χ3n) is 5.80. The molecule has 1 N–H and O–H groups in total. The Morgan fingerprint density at radius 1 is 1.18 bits per heavy atom. The molecule has 3 aromatic rings. The van der Waals surface area contributed by atoms with Gasteiger partial charge in [-0.2, -0.15) is 0 Å². The number of likely N-dealkylation sites (tertiary alicyclic amines) is 1. The Morgan fingerprint density at radius 3 is 2.36 bits per heavy atom. The molecule has 1 aliphatic heterocycles. The lowest BCUT2D eigenvalue weighted by Gasteiger charge is -2.42. The van der Waals surface area contributed by atoms with Crippen molar-refractivity contribution < 1.29 is 32.2 Å². The van der Waals surface area contributed by atoms with Crippen LogP contribution in [0.2, 0.25) is 0 Å². The Labute approximate surface area is 187 Å². The first-order valence-electron chi connectivity index (χ1n) is 10.3. The van der Waals surface area contributed by atoms with Gasteiger partial charge in [0.2, 0.25) is 0 Å². The second kappa shape index (κ2) is 8.02. The summed E-state index contributed by atoms with van der Waals surface area (Å²) >= 11 is 0. The monoisotopic (exact) mass is 465 g/mol. The molecule has 0 unspecified atom stereocenters. The molecule has 0 aliphatic carbocycles. The molecule has 176 valence electrons. The van der Waals surface area contributed by atoms with Crippen LogP contribution in [0, 0.1) is 0 Å². The zero-order valence-electron chi connectivity index (χ0n) is 18.3. The summed E-state index contributed by atoms with van der Waals surface area (Å²) in [6, 6.07) is 7.31. The number of benzene rings is 2. The van der Waals surface area contributed by atoms with Gasteiger partial charge in [0.25, 0.3) is 5.91 Å². The number of halogens is 4. The van der Waals surface area contributed by atoms with Crippen LogP contribution in [0.3, 0.4) is 0 Å². The first-order chi connectivity index (χ1) is 15.4. The molecular formula is C23H23F4N3O3.